The molecule has 0 spiro atoms. The third kappa shape index (κ3) is 4.55. The van der Waals surface area contributed by atoms with Crippen LogP contribution in [0.4, 0.5) is 8.78 Å². The second-order valence-electron chi connectivity index (χ2n) is 6.50. The predicted octanol–water partition coefficient (Wildman–Crippen LogP) is 5.82. The molecular formula is C24H17F2NO3. The number of nitrogens with zero attached hydrogens (tertiary/aromatic N) is 1. The first kappa shape index (κ1) is 19.4. The summed E-state index contributed by atoms with van der Waals surface area (Å²) in [6.45, 7) is -0.0226. The van der Waals surface area contributed by atoms with Gasteiger partial charge in [-0.25, -0.2) is 8.78 Å². The molecule has 0 atom stereocenters. The maximum absolute atomic E-state index is 13.6. The van der Waals surface area contributed by atoms with Crippen molar-refractivity contribution in [1.29, 1.82) is 0 Å². The number of rotatable bonds is 7. The molecule has 0 fully saturated rings. The Morgan fingerprint density at radius 3 is 2.50 bits per heavy atom. The number of aromatic nitrogens is 1. The van der Waals surface area contributed by atoms with Crippen LogP contribution in [0.1, 0.15) is 21.9 Å². The Bertz CT molecular complexity index is 1180. The van der Waals surface area contributed by atoms with Gasteiger partial charge < -0.3 is 13.7 Å². The van der Waals surface area contributed by atoms with Crippen LogP contribution >= 0.6 is 0 Å². The Kier molecular flexibility index (Phi) is 5.57. The lowest BCUT2D eigenvalue weighted by atomic mass is 10.1. The number of allylic oxidation sites excluding steroid dienone is 1. The molecule has 2 aromatic heterocycles. The molecule has 0 N–H and O–H groups in total. The lowest BCUT2D eigenvalue weighted by Crippen LogP contribution is -1.96. The summed E-state index contributed by atoms with van der Waals surface area (Å²) in [6.07, 6.45) is 6.84. The van der Waals surface area contributed by atoms with Gasteiger partial charge in [-0.3, -0.25) is 4.79 Å². The molecule has 0 aliphatic rings. The van der Waals surface area contributed by atoms with E-state index in [1.54, 1.807) is 30.3 Å². The zero-order valence-corrected chi connectivity index (χ0v) is 15.8. The molecule has 0 aliphatic carbocycles. The van der Waals surface area contributed by atoms with Gasteiger partial charge in [-0.1, -0.05) is 0 Å². The Morgan fingerprint density at radius 1 is 1.00 bits per heavy atom. The highest BCUT2D eigenvalue weighted by molar-refractivity contribution is 6.06. The van der Waals surface area contributed by atoms with Crippen LogP contribution in [-0.2, 0) is 6.61 Å². The third-order valence-electron chi connectivity index (χ3n) is 4.40. The lowest BCUT2D eigenvalue weighted by molar-refractivity contribution is 0.104. The molecule has 0 radical (unpaired) electrons. The second kappa shape index (κ2) is 8.61. The van der Waals surface area contributed by atoms with Crippen molar-refractivity contribution in [3.8, 4) is 11.4 Å². The molecule has 4 aromatic rings. The van der Waals surface area contributed by atoms with E-state index in [1.165, 1.54) is 12.1 Å². The SMILES string of the molecule is O=C(/C=C/c1ccc(COc2ccc(F)cc2F)o1)c1ccc(-n2cccc2)cc1. The van der Waals surface area contributed by atoms with Crippen LogP contribution in [0.3, 0.4) is 0 Å². The van der Waals surface area contributed by atoms with Gasteiger partial charge in [-0.05, 0) is 72.8 Å². The van der Waals surface area contributed by atoms with E-state index in [2.05, 4.69) is 0 Å². The van der Waals surface area contributed by atoms with E-state index in [0.29, 0.717) is 17.1 Å². The summed E-state index contributed by atoms with van der Waals surface area (Å²) in [5.74, 6) is -0.767. The summed E-state index contributed by atoms with van der Waals surface area (Å²) >= 11 is 0. The van der Waals surface area contributed by atoms with Gasteiger partial charge in [-0.15, -0.1) is 0 Å². The van der Waals surface area contributed by atoms with Crippen LogP contribution in [0.15, 0.2) is 89.6 Å². The maximum Gasteiger partial charge on any atom is 0.185 e. The monoisotopic (exact) mass is 405 g/mol. The average Bonchev–Trinajstić information content (AvgIpc) is 3.44. The number of ketones is 1. The van der Waals surface area contributed by atoms with Gasteiger partial charge in [0.05, 0.1) is 0 Å². The van der Waals surface area contributed by atoms with Gasteiger partial charge in [0.2, 0.25) is 0 Å². The smallest absolute Gasteiger partial charge is 0.185 e. The molecule has 0 aliphatic heterocycles. The Balaban J connectivity index is 1.36. The first-order valence-electron chi connectivity index (χ1n) is 9.21. The minimum Gasteiger partial charge on any atom is -0.483 e. The molecule has 0 bridgehead atoms. The standard InChI is InChI=1S/C24H17F2NO3/c25-18-5-12-24(22(26)15-18)29-16-21-9-8-20(30-21)10-11-23(28)17-3-6-19(7-4-17)27-13-1-2-14-27/h1-15H,16H2/b11-10+. The molecule has 2 heterocycles. The molecule has 4 nitrogen and oxygen atoms in total. The van der Waals surface area contributed by atoms with E-state index < -0.39 is 11.6 Å². The molecule has 150 valence electrons. The van der Waals surface area contributed by atoms with Crippen molar-refractivity contribution in [3.63, 3.8) is 0 Å². The minimum atomic E-state index is -0.782. The third-order valence-corrected chi connectivity index (χ3v) is 4.40. The van der Waals surface area contributed by atoms with Crippen LogP contribution in [-0.4, -0.2) is 10.4 Å². The van der Waals surface area contributed by atoms with Crippen molar-refractivity contribution in [2.75, 3.05) is 0 Å². The van der Waals surface area contributed by atoms with Crippen LogP contribution in [0.2, 0.25) is 0 Å². The average molecular weight is 405 g/mol. The van der Waals surface area contributed by atoms with E-state index in [-0.39, 0.29) is 18.1 Å². The van der Waals surface area contributed by atoms with E-state index >= 15 is 0 Å². The van der Waals surface area contributed by atoms with Crippen molar-refractivity contribution in [2.45, 2.75) is 6.61 Å². The molecule has 6 heteroatoms. The molecule has 4 rings (SSSR count). The molecule has 0 saturated heterocycles. The van der Waals surface area contributed by atoms with Gasteiger partial charge in [0.1, 0.15) is 23.9 Å². The fraction of sp³-hybridized carbons (Fsp3) is 0.0417. The molecule has 0 saturated carbocycles. The zero-order chi connectivity index (χ0) is 20.9. The largest absolute Gasteiger partial charge is 0.483 e. The first-order chi connectivity index (χ1) is 14.6. The minimum absolute atomic E-state index is 0.0226. The van der Waals surface area contributed by atoms with Crippen LogP contribution in [0.25, 0.3) is 11.8 Å². The summed E-state index contributed by atoms with van der Waals surface area (Å²) in [6, 6.07) is 17.6. The zero-order valence-electron chi connectivity index (χ0n) is 15.8. The molecule has 2 aromatic carbocycles. The van der Waals surface area contributed by atoms with Crippen molar-refractivity contribution in [1.82, 2.24) is 4.57 Å². The van der Waals surface area contributed by atoms with Gasteiger partial charge in [-0.2, -0.15) is 0 Å². The highest BCUT2D eigenvalue weighted by Gasteiger charge is 2.08. The molecule has 0 amide bonds. The predicted molar refractivity (Wildman–Crippen MR) is 109 cm³/mol. The normalized spacial score (nSPS) is 11.1. The van der Waals surface area contributed by atoms with Gasteiger partial charge >= 0.3 is 0 Å². The van der Waals surface area contributed by atoms with Crippen LogP contribution < -0.4 is 4.74 Å². The molecule has 0 unspecified atom stereocenters. The summed E-state index contributed by atoms with van der Waals surface area (Å²) in [5, 5.41) is 0. The summed E-state index contributed by atoms with van der Waals surface area (Å²) in [5.41, 5.74) is 1.53. The summed E-state index contributed by atoms with van der Waals surface area (Å²) < 4.78 is 39.3. The maximum atomic E-state index is 13.6. The number of furan rings is 1. The van der Waals surface area contributed by atoms with Crippen molar-refractivity contribution >= 4 is 11.9 Å². The molecule has 30 heavy (non-hydrogen) atoms. The number of halogens is 2. The fourth-order valence-corrected chi connectivity index (χ4v) is 2.86. The Labute approximate surface area is 171 Å². The van der Waals surface area contributed by atoms with Gasteiger partial charge in [0, 0.05) is 29.7 Å². The number of carbonyl (C=O) groups excluding carboxylic acids is 1. The van der Waals surface area contributed by atoms with E-state index in [1.807, 2.05) is 41.2 Å². The van der Waals surface area contributed by atoms with Crippen LogP contribution in [0, 0.1) is 11.6 Å². The van der Waals surface area contributed by atoms with Crippen molar-refractivity contribution in [2.24, 2.45) is 0 Å². The van der Waals surface area contributed by atoms with E-state index in [9.17, 15) is 13.6 Å². The Hall–Kier alpha value is -3.93. The molecular weight excluding hydrogens is 388 g/mol. The summed E-state index contributed by atoms with van der Waals surface area (Å²) in [4.78, 5) is 12.4. The second-order valence-corrected chi connectivity index (χ2v) is 6.50. The van der Waals surface area contributed by atoms with Crippen molar-refractivity contribution < 1.29 is 22.7 Å². The summed E-state index contributed by atoms with van der Waals surface area (Å²) in [7, 11) is 0. The fourth-order valence-electron chi connectivity index (χ4n) is 2.86. The topological polar surface area (TPSA) is 44.4 Å². The van der Waals surface area contributed by atoms with Gasteiger partial charge in [0.25, 0.3) is 0 Å². The number of hydrogen-bond donors (Lipinski definition) is 0. The number of hydrogen-bond acceptors (Lipinski definition) is 3. The number of ether oxygens (including phenoxy) is 1. The van der Waals surface area contributed by atoms with Crippen molar-refractivity contribution in [3.05, 3.63) is 114 Å². The quantitative estimate of drug-likeness (QED) is 0.287. The van der Waals surface area contributed by atoms with Gasteiger partial charge in [0.15, 0.2) is 17.3 Å². The number of carbonyl (C=O) groups is 1. The van der Waals surface area contributed by atoms with E-state index in [4.69, 9.17) is 9.15 Å². The lowest BCUT2D eigenvalue weighted by Gasteiger charge is -2.05. The first-order valence-corrected chi connectivity index (χ1v) is 9.21. The highest BCUT2D eigenvalue weighted by Crippen LogP contribution is 2.20. The number of benzene rings is 2. The van der Waals surface area contributed by atoms with Crippen LogP contribution in [0.5, 0.6) is 5.75 Å². The highest BCUT2D eigenvalue weighted by atomic mass is 19.1. The van der Waals surface area contributed by atoms with E-state index in [0.717, 1.165) is 17.8 Å². The Morgan fingerprint density at radius 2 is 1.77 bits per heavy atom.